The zero-order valence-electron chi connectivity index (χ0n) is 13.2. The van der Waals surface area contributed by atoms with Gasteiger partial charge >= 0.3 is 0 Å². The topological polar surface area (TPSA) is 49.6 Å². The van der Waals surface area contributed by atoms with Crippen LogP contribution in [0.15, 0.2) is 30.3 Å². The highest BCUT2D eigenvalue weighted by molar-refractivity contribution is 5.82. The van der Waals surface area contributed by atoms with Crippen LogP contribution in [-0.2, 0) is 11.2 Å². The Morgan fingerprint density at radius 2 is 2.14 bits per heavy atom. The van der Waals surface area contributed by atoms with E-state index >= 15 is 0 Å². The summed E-state index contributed by atoms with van der Waals surface area (Å²) in [6.45, 7) is 5.98. The number of likely N-dealkylation sites (tertiary alicyclic amines) is 1. The average Bonchev–Trinajstić information content (AvgIpc) is 2.95. The van der Waals surface area contributed by atoms with Crippen molar-refractivity contribution in [2.75, 3.05) is 33.2 Å². The van der Waals surface area contributed by atoms with Gasteiger partial charge in [0.2, 0.25) is 5.91 Å². The number of nitrogens with two attached hydrogens (primary N) is 1. The molecule has 0 radical (unpaired) electrons. The SMILES string of the molecule is CCN(C)CC1CCN(C(=O)C(N)Cc2ccccc2)C1. The quantitative estimate of drug-likeness (QED) is 0.860. The molecule has 2 atom stereocenters. The molecule has 21 heavy (non-hydrogen) atoms. The standard InChI is InChI=1S/C17H27N3O/c1-3-19(2)12-15-9-10-20(13-15)17(21)16(18)11-14-7-5-4-6-8-14/h4-8,15-16H,3,9-13,18H2,1-2H3. The normalized spacial score (nSPS) is 20.0. The molecule has 0 aliphatic carbocycles. The molecule has 4 heteroatoms. The Hall–Kier alpha value is -1.39. The van der Waals surface area contributed by atoms with Crippen LogP contribution in [0.1, 0.15) is 18.9 Å². The molecule has 1 fully saturated rings. The largest absolute Gasteiger partial charge is 0.341 e. The minimum Gasteiger partial charge on any atom is -0.341 e. The zero-order chi connectivity index (χ0) is 15.2. The second-order valence-corrected chi connectivity index (χ2v) is 6.09. The molecule has 1 aromatic rings. The first-order chi connectivity index (χ1) is 10.1. The Bertz CT molecular complexity index is 449. The van der Waals surface area contributed by atoms with Crippen LogP contribution in [0.2, 0.25) is 0 Å². The van der Waals surface area contributed by atoms with Gasteiger partial charge in [-0.15, -0.1) is 0 Å². The maximum Gasteiger partial charge on any atom is 0.239 e. The van der Waals surface area contributed by atoms with Crippen LogP contribution < -0.4 is 5.73 Å². The smallest absolute Gasteiger partial charge is 0.239 e. The highest BCUT2D eigenvalue weighted by Crippen LogP contribution is 2.18. The van der Waals surface area contributed by atoms with E-state index in [0.29, 0.717) is 12.3 Å². The van der Waals surface area contributed by atoms with Crippen LogP contribution in [0.25, 0.3) is 0 Å². The predicted molar refractivity (Wildman–Crippen MR) is 86.0 cm³/mol. The predicted octanol–water partition coefficient (Wildman–Crippen LogP) is 1.36. The highest BCUT2D eigenvalue weighted by atomic mass is 16.2. The number of rotatable bonds is 6. The molecule has 0 saturated carbocycles. The lowest BCUT2D eigenvalue weighted by Crippen LogP contribution is -2.44. The van der Waals surface area contributed by atoms with Crippen molar-refractivity contribution < 1.29 is 4.79 Å². The molecule has 0 bridgehead atoms. The second-order valence-electron chi connectivity index (χ2n) is 6.09. The van der Waals surface area contributed by atoms with Crippen LogP contribution in [-0.4, -0.2) is 55.0 Å². The van der Waals surface area contributed by atoms with Crippen LogP contribution in [0, 0.1) is 5.92 Å². The number of carbonyl (C=O) groups is 1. The molecule has 116 valence electrons. The van der Waals surface area contributed by atoms with Gasteiger partial charge in [-0.1, -0.05) is 37.3 Å². The fraction of sp³-hybridized carbons (Fsp3) is 0.588. The van der Waals surface area contributed by atoms with Gasteiger partial charge in [-0.2, -0.15) is 0 Å². The molecular formula is C17H27N3O. The van der Waals surface area contributed by atoms with E-state index in [1.54, 1.807) is 0 Å². The van der Waals surface area contributed by atoms with Crippen molar-refractivity contribution in [1.29, 1.82) is 0 Å². The molecule has 0 spiro atoms. The minimum absolute atomic E-state index is 0.0977. The Labute approximate surface area is 127 Å². The highest BCUT2D eigenvalue weighted by Gasteiger charge is 2.29. The lowest BCUT2D eigenvalue weighted by Gasteiger charge is -2.22. The Kier molecular flexibility index (Phi) is 5.76. The van der Waals surface area contributed by atoms with E-state index in [2.05, 4.69) is 18.9 Å². The molecular weight excluding hydrogens is 262 g/mol. The molecule has 1 heterocycles. The molecule has 1 saturated heterocycles. The second kappa shape index (κ2) is 7.57. The van der Waals surface area contributed by atoms with E-state index in [9.17, 15) is 4.79 Å². The van der Waals surface area contributed by atoms with Crippen molar-refractivity contribution in [2.24, 2.45) is 11.7 Å². The average molecular weight is 289 g/mol. The maximum atomic E-state index is 12.4. The summed E-state index contributed by atoms with van der Waals surface area (Å²) in [5, 5.41) is 0. The van der Waals surface area contributed by atoms with Crippen molar-refractivity contribution in [2.45, 2.75) is 25.8 Å². The van der Waals surface area contributed by atoms with Gasteiger partial charge in [0.05, 0.1) is 6.04 Å². The van der Waals surface area contributed by atoms with Crippen LogP contribution in [0.3, 0.4) is 0 Å². The summed E-state index contributed by atoms with van der Waals surface area (Å²) < 4.78 is 0. The van der Waals surface area contributed by atoms with E-state index < -0.39 is 6.04 Å². The van der Waals surface area contributed by atoms with E-state index in [0.717, 1.165) is 38.2 Å². The third kappa shape index (κ3) is 4.55. The van der Waals surface area contributed by atoms with Crippen molar-refractivity contribution in [3.63, 3.8) is 0 Å². The van der Waals surface area contributed by atoms with Crippen molar-refractivity contribution in [3.8, 4) is 0 Å². The number of amides is 1. The molecule has 4 nitrogen and oxygen atoms in total. The van der Waals surface area contributed by atoms with Crippen molar-refractivity contribution in [3.05, 3.63) is 35.9 Å². The monoisotopic (exact) mass is 289 g/mol. The molecule has 2 N–H and O–H groups in total. The third-order valence-corrected chi connectivity index (χ3v) is 4.32. The van der Waals surface area contributed by atoms with Gasteiger partial charge < -0.3 is 15.5 Å². The van der Waals surface area contributed by atoms with Crippen molar-refractivity contribution in [1.82, 2.24) is 9.80 Å². The zero-order valence-corrected chi connectivity index (χ0v) is 13.2. The molecule has 0 aromatic heterocycles. The lowest BCUT2D eigenvalue weighted by molar-refractivity contribution is -0.131. The summed E-state index contributed by atoms with van der Waals surface area (Å²) in [7, 11) is 2.13. The van der Waals surface area contributed by atoms with E-state index in [1.807, 2.05) is 35.2 Å². The summed E-state index contributed by atoms with van der Waals surface area (Å²) >= 11 is 0. The first-order valence-corrected chi connectivity index (χ1v) is 7.87. The summed E-state index contributed by atoms with van der Waals surface area (Å²) in [5.41, 5.74) is 7.23. The van der Waals surface area contributed by atoms with Gasteiger partial charge in [0.15, 0.2) is 0 Å². The number of nitrogens with zero attached hydrogens (tertiary/aromatic N) is 2. The summed E-state index contributed by atoms with van der Waals surface area (Å²) in [6.07, 6.45) is 1.71. The first kappa shape index (κ1) is 16.0. The fourth-order valence-electron chi connectivity index (χ4n) is 2.94. The van der Waals surface area contributed by atoms with Gasteiger partial charge in [-0.3, -0.25) is 4.79 Å². The van der Waals surface area contributed by atoms with Gasteiger partial charge in [-0.05, 0) is 37.9 Å². The maximum absolute atomic E-state index is 12.4. The van der Waals surface area contributed by atoms with E-state index in [1.165, 1.54) is 0 Å². The van der Waals surface area contributed by atoms with Crippen molar-refractivity contribution >= 4 is 5.91 Å². The Morgan fingerprint density at radius 3 is 2.81 bits per heavy atom. The van der Waals surface area contributed by atoms with E-state index in [4.69, 9.17) is 5.73 Å². The minimum atomic E-state index is -0.421. The first-order valence-electron chi connectivity index (χ1n) is 7.87. The van der Waals surface area contributed by atoms with Gasteiger partial charge in [-0.25, -0.2) is 0 Å². The van der Waals surface area contributed by atoms with E-state index in [-0.39, 0.29) is 5.91 Å². The molecule has 1 aromatic carbocycles. The molecule has 2 unspecified atom stereocenters. The molecule has 1 aliphatic heterocycles. The van der Waals surface area contributed by atoms with Gasteiger partial charge in [0.25, 0.3) is 0 Å². The van der Waals surface area contributed by atoms with Gasteiger partial charge in [0.1, 0.15) is 0 Å². The fourth-order valence-corrected chi connectivity index (χ4v) is 2.94. The Balaban J connectivity index is 1.83. The van der Waals surface area contributed by atoms with Crippen LogP contribution in [0.4, 0.5) is 0 Å². The number of hydrogen-bond donors (Lipinski definition) is 1. The van der Waals surface area contributed by atoms with Gasteiger partial charge in [0, 0.05) is 19.6 Å². The molecule has 2 rings (SSSR count). The van der Waals surface area contributed by atoms with Crippen LogP contribution in [0.5, 0.6) is 0 Å². The summed E-state index contributed by atoms with van der Waals surface area (Å²) in [4.78, 5) is 16.7. The van der Waals surface area contributed by atoms with Crippen LogP contribution >= 0.6 is 0 Å². The number of carbonyl (C=O) groups excluding carboxylic acids is 1. The third-order valence-electron chi connectivity index (χ3n) is 4.32. The summed E-state index contributed by atoms with van der Waals surface area (Å²) in [5.74, 6) is 0.684. The summed E-state index contributed by atoms with van der Waals surface area (Å²) in [6, 6.07) is 9.58. The molecule has 1 amide bonds. The molecule has 1 aliphatic rings. The number of hydrogen-bond acceptors (Lipinski definition) is 3. The lowest BCUT2D eigenvalue weighted by atomic mass is 10.1. The number of benzene rings is 1. The Morgan fingerprint density at radius 1 is 1.43 bits per heavy atom.